The van der Waals surface area contributed by atoms with Crippen molar-refractivity contribution < 1.29 is 4.79 Å². The molecular formula is C12H13Cl2NO. The van der Waals surface area contributed by atoms with Gasteiger partial charge in [0.25, 0.3) is 0 Å². The van der Waals surface area contributed by atoms with E-state index in [1.54, 1.807) is 24.3 Å². The fourth-order valence-corrected chi connectivity index (χ4v) is 1.87. The summed E-state index contributed by atoms with van der Waals surface area (Å²) < 4.78 is 0. The number of nitrogens with one attached hydrogen (secondary N) is 1. The van der Waals surface area contributed by atoms with Gasteiger partial charge in [-0.2, -0.15) is 0 Å². The van der Waals surface area contributed by atoms with E-state index in [4.69, 9.17) is 23.2 Å². The lowest BCUT2D eigenvalue weighted by Gasteiger charge is -2.06. The average Bonchev–Trinajstić information content (AvgIpc) is 2.25. The van der Waals surface area contributed by atoms with Crippen LogP contribution in [0.25, 0.3) is 0 Å². The molecule has 16 heavy (non-hydrogen) atoms. The molecule has 86 valence electrons. The summed E-state index contributed by atoms with van der Waals surface area (Å²) in [7, 11) is 0. The maximum Gasteiger partial charge on any atom is 0.220 e. The summed E-state index contributed by atoms with van der Waals surface area (Å²) in [6.07, 6.45) is 2.55. The van der Waals surface area contributed by atoms with Gasteiger partial charge in [-0.05, 0) is 24.1 Å². The maximum absolute atomic E-state index is 11.4. The van der Waals surface area contributed by atoms with E-state index >= 15 is 0 Å². The van der Waals surface area contributed by atoms with E-state index in [-0.39, 0.29) is 5.91 Å². The van der Waals surface area contributed by atoms with Crippen molar-refractivity contribution in [3.05, 3.63) is 46.5 Å². The first kappa shape index (κ1) is 13.1. The van der Waals surface area contributed by atoms with Crippen molar-refractivity contribution in [3.8, 4) is 0 Å². The van der Waals surface area contributed by atoms with Gasteiger partial charge < -0.3 is 5.32 Å². The predicted octanol–water partition coefficient (Wildman–Crippen LogP) is 3.23. The Morgan fingerprint density at radius 1 is 1.38 bits per heavy atom. The number of carbonyl (C=O) groups excluding carboxylic acids is 1. The lowest BCUT2D eigenvalue weighted by atomic mass is 10.1. The number of carbonyl (C=O) groups is 1. The molecule has 0 aliphatic carbocycles. The van der Waals surface area contributed by atoms with Crippen LogP contribution in [-0.2, 0) is 11.2 Å². The molecule has 0 unspecified atom stereocenters. The molecule has 0 fully saturated rings. The topological polar surface area (TPSA) is 29.1 Å². The van der Waals surface area contributed by atoms with E-state index in [0.29, 0.717) is 29.4 Å². The molecular weight excluding hydrogens is 245 g/mol. The van der Waals surface area contributed by atoms with Crippen LogP contribution in [0, 0.1) is 0 Å². The SMILES string of the molecule is C=CCNC(=O)CCc1c(Cl)cccc1Cl. The van der Waals surface area contributed by atoms with Crippen LogP contribution < -0.4 is 5.32 Å². The van der Waals surface area contributed by atoms with E-state index in [9.17, 15) is 4.79 Å². The molecule has 0 aromatic heterocycles. The predicted molar refractivity (Wildman–Crippen MR) is 68.0 cm³/mol. The normalized spacial score (nSPS) is 9.88. The zero-order chi connectivity index (χ0) is 12.0. The largest absolute Gasteiger partial charge is 0.353 e. The first-order chi connectivity index (χ1) is 7.65. The molecule has 0 aliphatic rings. The summed E-state index contributed by atoms with van der Waals surface area (Å²) in [5.74, 6) is -0.0316. The number of hydrogen-bond acceptors (Lipinski definition) is 1. The summed E-state index contributed by atoms with van der Waals surface area (Å²) in [5.41, 5.74) is 0.819. The van der Waals surface area contributed by atoms with E-state index in [0.717, 1.165) is 5.56 Å². The summed E-state index contributed by atoms with van der Waals surface area (Å²) >= 11 is 12.0. The molecule has 1 amide bonds. The van der Waals surface area contributed by atoms with Crippen molar-refractivity contribution in [1.82, 2.24) is 5.32 Å². The van der Waals surface area contributed by atoms with E-state index in [2.05, 4.69) is 11.9 Å². The third kappa shape index (κ3) is 3.87. The molecule has 0 spiro atoms. The van der Waals surface area contributed by atoms with Crippen molar-refractivity contribution in [2.45, 2.75) is 12.8 Å². The molecule has 0 aliphatic heterocycles. The van der Waals surface area contributed by atoms with Gasteiger partial charge in [0.2, 0.25) is 5.91 Å². The summed E-state index contributed by atoms with van der Waals surface area (Å²) in [4.78, 5) is 11.4. The average molecular weight is 258 g/mol. The fraction of sp³-hybridized carbons (Fsp3) is 0.250. The Balaban J connectivity index is 2.54. The summed E-state index contributed by atoms with van der Waals surface area (Å²) in [6, 6.07) is 5.32. The summed E-state index contributed by atoms with van der Waals surface area (Å²) in [5, 5.41) is 3.90. The molecule has 1 aromatic rings. The van der Waals surface area contributed by atoms with Crippen LogP contribution in [0.5, 0.6) is 0 Å². The lowest BCUT2D eigenvalue weighted by Crippen LogP contribution is -2.23. The smallest absolute Gasteiger partial charge is 0.220 e. The van der Waals surface area contributed by atoms with Crippen molar-refractivity contribution in [2.24, 2.45) is 0 Å². The Morgan fingerprint density at radius 3 is 2.56 bits per heavy atom. The van der Waals surface area contributed by atoms with Gasteiger partial charge in [-0.1, -0.05) is 35.3 Å². The van der Waals surface area contributed by atoms with E-state index in [1.165, 1.54) is 0 Å². The molecule has 1 rings (SSSR count). The van der Waals surface area contributed by atoms with E-state index < -0.39 is 0 Å². The zero-order valence-corrected chi connectivity index (χ0v) is 10.3. The Morgan fingerprint density at radius 2 is 2.00 bits per heavy atom. The van der Waals surface area contributed by atoms with Gasteiger partial charge in [0.15, 0.2) is 0 Å². The fourth-order valence-electron chi connectivity index (χ4n) is 1.28. The first-order valence-corrected chi connectivity index (χ1v) is 5.71. The van der Waals surface area contributed by atoms with Gasteiger partial charge in [-0.15, -0.1) is 6.58 Å². The number of rotatable bonds is 5. The molecule has 0 heterocycles. The highest BCUT2D eigenvalue weighted by Crippen LogP contribution is 2.25. The van der Waals surface area contributed by atoms with Gasteiger partial charge in [-0.25, -0.2) is 0 Å². The first-order valence-electron chi connectivity index (χ1n) is 4.95. The van der Waals surface area contributed by atoms with Crippen molar-refractivity contribution in [1.29, 1.82) is 0 Å². The van der Waals surface area contributed by atoms with Crippen molar-refractivity contribution in [3.63, 3.8) is 0 Å². The van der Waals surface area contributed by atoms with Gasteiger partial charge in [0.1, 0.15) is 0 Å². The van der Waals surface area contributed by atoms with Crippen LogP contribution in [0.1, 0.15) is 12.0 Å². The molecule has 0 atom stereocenters. The number of benzene rings is 1. The quantitative estimate of drug-likeness (QED) is 0.807. The second-order valence-electron chi connectivity index (χ2n) is 3.29. The van der Waals surface area contributed by atoms with Gasteiger partial charge in [-0.3, -0.25) is 4.79 Å². The van der Waals surface area contributed by atoms with Crippen LogP contribution in [0.15, 0.2) is 30.9 Å². The highest BCUT2D eigenvalue weighted by molar-refractivity contribution is 6.36. The minimum absolute atomic E-state index is 0.0316. The van der Waals surface area contributed by atoms with Gasteiger partial charge in [0.05, 0.1) is 0 Å². The Labute approximate surface area is 105 Å². The molecule has 0 saturated carbocycles. The second kappa shape index (κ2) is 6.56. The highest BCUT2D eigenvalue weighted by Gasteiger charge is 2.07. The molecule has 0 radical (unpaired) electrons. The molecule has 0 bridgehead atoms. The van der Waals surface area contributed by atoms with Crippen LogP contribution in [0.4, 0.5) is 0 Å². The molecule has 1 N–H and O–H groups in total. The van der Waals surface area contributed by atoms with E-state index in [1.807, 2.05) is 0 Å². The number of amides is 1. The lowest BCUT2D eigenvalue weighted by molar-refractivity contribution is -0.120. The molecule has 1 aromatic carbocycles. The van der Waals surface area contributed by atoms with Crippen LogP contribution in [0.3, 0.4) is 0 Å². The summed E-state index contributed by atoms with van der Waals surface area (Å²) in [6.45, 7) is 4.00. The third-order valence-electron chi connectivity index (χ3n) is 2.11. The van der Waals surface area contributed by atoms with Gasteiger partial charge >= 0.3 is 0 Å². The van der Waals surface area contributed by atoms with Crippen molar-refractivity contribution in [2.75, 3.05) is 6.54 Å². The molecule has 4 heteroatoms. The maximum atomic E-state index is 11.4. The van der Waals surface area contributed by atoms with Crippen LogP contribution >= 0.6 is 23.2 Å². The van der Waals surface area contributed by atoms with Crippen LogP contribution in [-0.4, -0.2) is 12.5 Å². The third-order valence-corrected chi connectivity index (χ3v) is 2.82. The van der Waals surface area contributed by atoms with Gasteiger partial charge in [0, 0.05) is 23.0 Å². The molecule has 0 saturated heterocycles. The number of halogens is 2. The molecule has 2 nitrogen and oxygen atoms in total. The minimum Gasteiger partial charge on any atom is -0.353 e. The Hall–Kier alpha value is -0.990. The zero-order valence-electron chi connectivity index (χ0n) is 8.80. The monoisotopic (exact) mass is 257 g/mol. The Bertz CT molecular complexity index is 370. The number of hydrogen-bond donors (Lipinski definition) is 1. The second-order valence-corrected chi connectivity index (χ2v) is 4.11. The van der Waals surface area contributed by atoms with Crippen molar-refractivity contribution >= 4 is 29.1 Å². The minimum atomic E-state index is -0.0316. The van der Waals surface area contributed by atoms with Crippen LogP contribution in [0.2, 0.25) is 10.0 Å². The standard InChI is InChI=1S/C12H13Cl2NO/c1-2-8-15-12(16)7-6-9-10(13)4-3-5-11(9)14/h2-5H,1,6-8H2,(H,15,16). The Kier molecular flexibility index (Phi) is 5.36. The highest BCUT2D eigenvalue weighted by atomic mass is 35.5.